The summed E-state index contributed by atoms with van der Waals surface area (Å²) in [5, 5.41) is 10.6. The molecule has 6 nitrogen and oxygen atoms in total. The molecular formula is C34H58ClN4O2Sn-. The van der Waals surface area contributed by atoms with Gasteiger partial charge >= 0.3 is 23.9 Å². The molecule has 2 amide bonds. The smallest absolute Gasteiger partial charge is 1.00 e. The van der Waals surface area contributed by atoms with E-state index in [-0.39, 0.29) is 36.3 Å². The van der Waals surface area contributed by atoms with Crippen LogP contribution in [0.15, 0.2) is 29.3 Å². The third-order valence-corrected chi connectivity index (χ3v) is 6.86. The molecule has 3 saturated carbocycles. The molecule has 238 valence electrons. The first kappa shape index (κ1) is 45.3. The topological polar surface area (TPSA) is 76.2 Å². The van der Waals surface area contributed by atoms with Crippen LogP contribution in [0.5, 0.6) is 5.75 Å². The van der Waals surface area contributed by atoms with Crippen LogP contribution in [0.25, 0.3) is 5.41 Å². The number of hydrogen-bond donors (Lipinski definition) is 1. The van der Waals surface area contributed by atoms with E-state index in [0.717, 1.165) is 5.75 Å². The Bertz CT molecular complexity index is 661. The molecular weight excluding hydrogens is 651 g/mol. The molecule has 8 heteroatoms. The van der Waals surface area contributed by atoms with Gasteiger partial charge in [-0.25, -0.2) is 0 Å². The SMILES string of the molecule is CCN(CC)CC.CCOc1ccc(NC(=O)N=C=[N-])cc1.[CH-]1CCCCC1.[CH-]1CCCCC1.[CH-]1CCCCC1.[Cl-].[Sn+4]. The minimum atomic E-state index is -0.679. The predicted molar refractivity (Wildman–Crippen MR) is 179 cm³/mol. The number of carbonyl (C=O) groups excluding carboxylic acids is 1. The fraction of sp³-hybridized carbons (Fsp3) is 0.676. The number of aliphatic imine (C=N–C) groups is 1. The first-order chi connectivity index (χ1) is 19.6. The number of halogens is 1. The number of carbonyl (C=O) groups is 1. The number of rotatable bonds is 6. The quantitative estimate of drug-likeness (QED) is 0.201. The van der Waals surface area contributed by atoms with Crippen molar-refractivity contribution in [2.24, 2.45) is 4.99 Å². The van der Waals surface area contributed by atoms with E-state index in [0.29, 0.717) is 12.3 Å². The Hall–Kier alpha value is -1.08. The van der Waals surface area contributed by atoms with Crippen molar-refractivity contribution in [3.8, 4) is 5.75 Å². The zero-order valence-corrected chi connectivity index (χ0v) is 30.6. The summed E-state index contributed by atoms with van der Waals surface area (Å²) < 4.78 is 5.22. The first-order valence-corrected chi connectivity index (χ1v) is 15.9. The van der Waals surface area contributed by atoms with Crippen molar-refractivity contribution in [2.75, 3.05) is 31.6 Å². The van der Waals surface area contributed by atoms with Crippen molar-refractivity contribution in [1.29, 1.82) is 0 Å². The molecule has 1 N–H and O–H groups in total. The maximum atomic E-state index is 10.9. The van der Waals surface area contributed by atoms with Gasteiger partial charge in [0.2, 0.25) is 6.03 Å². The van der Waals surface area contributed by atoms with Gasteiger partial charge in [0.05, 0.1) is 6.61 Å². The largest absolute Gasteiger partial charge is 4.00 e. The molecule has 3 aliphatic carbocycles. The summed E-state index contributed by atoms with van der Waals surface area (Å²) in [5.41, 5.74) is 0.572. The first-order valence-electron chi connectivity index (χ1n) is 15.9. The van der Waals surface area contributed by atoms with Crippen LogP contribution >= 0.6 is 0 Å². The molecule has 1 aromatic rings. The van der Waals surface area contributed by atoms with Crippen molar-refractivity contribution in [2.45, 2.75) is 124 Å². The molecule has 3 fully saturated rings. The maximum absolute atomic E-state index is 10.9. The molecule has 0 aromatic heterocycles. The molecule has 0 spiro atoms. The summed E-state index contributed by atoms with van der Waals surface area (Å²) in [6.45, 7) is 12.6. The Morgan fingerprint density at radius 1 is 0.786 bits per heavy atom. The van der Waals surface area contributed by atoms with E-state index in [2.05, 4.69) is 55.2 Å². The van der Waals surface area contributed by atoms with Gasteiger partial charge in [-0.3, -0.25) is 4.79 Å². The van der Waals surface area contributed by atoms with Crippen LogP contribution in [-0.2, 0) is 0 Å². The molecule has 3 aliphatic rings. The number of anilines is 1. The van der Waals surface area contributed by atoms with Gasteiger partial charge in [-0.05, 0) is 50.8 Å². The minimum absolute atomic E-state index is 0. The summed E-state index contributed by atoms with van der Waals surface area (Å²) in [7, 11) is 0. The fourth-order valence-corrected chi connectivity index (χ4v) is 4.36. The zero-order valence-electron chi connectivity index (χ0n) is 27.0. The van der Waals surface area contributed by atoms with Crippen LogP contribution < -0.4 is 22.5 Å². The average molecular weight is 709 g/mol. The number of hydrogen-bond acceptors (Lipinski definition) is 3. The Balaban J connectivity index is -0.000000479. The Morgan fingerprint density at radius 3 is 1.38 bits per heavy atom. The van der Waals surface area contributed by atoms with Crippen LogP contribution in [0.3, 0.4) is 0 Å². The van der Waals surface area contributed by atoms with Crippen LogP contribution in [-0.4, -0.2) is 67.1 Å². The Morgan fingerprint density at radius 2 is 1.17 bits per heavy atom. The third-order valence-electron chi connectivity index (χ3n) is 6.86. The second kappa shape index (κ2) is 36.1. The third kappa shape index (κ3) is 30.4. The standard InChI is InChI=1S/C10H10N3O2.C6H15N.3C6H11.ClH.Sn/c1-2-15-9-5-3-8(4-6-9)13-10(14)12-7-11;1-4-7(5-2)6-3;3*1-2-4-6-5-3-1;;/h3-6H,2H2,1H3,(H,13,14);4-6H2,1-3H3;3*1H,2-6H2;1H;/q-1;;3*-1;;+4/p-1. The summed E-state index contributed by atoms with van der Waals surface area (Å²) in [6.07, 6.45) is 28.5. The van der Waals surface area contributed by atoms with E-state index in [1.807, 2.05) is 6.92 Å². The summed E-state index contributed by atoms with van der Waals surface area (Å²) in [6, 6.07) is 7.54. The second-order valence-corrected chi connectivity index (χ2v) is 10.00. The van der Waals surface area contributed by atoms with Crippen LogP contribution in [0.2, 0.25) is 0 Å². The molecule has 1 aromatic carbocycles. The number of nitrogens with one attached hydrogen (secondary N) is 1. The van der Waals surface area contributed by atoms with Gasteiger partial charge in [-0.1, -0.05) is 78.6 Å². The van der Waals surface area contributed by atoms with Gasteiger partial charge in [0, 0.05) is 5.69 Å². The molecule has 0 unspecified atom stereocenters. The van der Waals surface area contributed by atoms with Gasteiger partial charge in [-0.15, -0.1) is 6.01 Å². The molecule has 0 atom stereocenters. The Kier molecular flexibility index (Phi) is 39.0. The average Bonchev–Trinajstić information content (AvgIpc) is 3.03. The molecule has 0 saturated heterocycles. The Labute approximate surface area is 282 Å². The summed E-state index contributed by atoms with van der Waals surface area (Å²) >= 11 is 0. The molecule has 4 rings (SSSR count). The van der Waals surface area contributed by atoms with Gasteiger partial charge in [-0.2, -0.15) is 38.5 Å². The summed E-state index contributed by atoms with van der Waals surface area (Å²) in [4.78, 5) is 16.3. The molecule has 0 aliphatic heterocycles. The monoisotopic (exact) mass is 709 g/mol. The van der Waals surface area contributed by atoms with Gasteiger partial charge in [0.1, 0.15) is 5.75 Å². The van der Waals surface area contributed by atoms with Crippen molar-refractivity contribution >= 4 is 41.6 Å². The van der Waals surface area contributed by atoms with Crippen molar-refractivity contribution in [1.82, 2.24) is 4.90 Å². The minimum Gasteiger partial charge on any atom is -1.00 e. The van der Waals surface area contributed by atoms with E-state index >= 15 is 0 Å². The van der Waals surface area contributed by atoms with E-state index in [1.165, 1.54) is 122 Å². The van der Waals surface area contributed by atoms with Gasteiger partial charge in [0.25, 0.3) is 0 Å². The number of benzene rings is 1. The second-order valence-electron chi connectivity index (χ2n) is 10.00. The van der Waals surface area contributed by atoms with Gasteiger partial charge < -0.3 is 57.0 Å². The number of nitrogens with zero attached hydrogens (tertiary/aromatic N) is 3. The van der Waals surface area contributed by atoms with E-state index < -0.39 is 6.03 Å². The van der Waals surface area contributed by atoms with E-state index in [4.69, 9.17) is 10.1 Å². The van der Waals surface area contributed by atoms with E-state index in [9.17, 15) is 4.79 Å². The predicted octanol–water partition coefficient (Wildman–Crippen LogP) is 6.80. The van der Waals surface area contributed by atoms with Crippen LogP contribution in [0, 0.1) is 19.3 Å². The van der Waals surface area contributed by atoms with Gasteiger partial charge in [0.15, 0.2) is 0 Å². The van der Waals surface area contributed by atoms with E-state index in [1.54, 1.807) is 24.3 Å². The van der Waals surface area contributed by atoms with Crippen molar-refractivity contribution < 1.29 is 21.9 Å². The normalized spacial score (nSPS) is 15.2. The molecule has 0 radical (unpaired) electrons. The fourth-order valence-electron chi connectivity index (χ4n) is 4.36. The number of amides is 2. The van der Waals surface area contributed by atoms with Crippen LogP contribution in [0.4, 0.5) is 10.5 Å². The molecule has 42 heavy (non-hydrogen) atoms. The molecule has 0 bridgehead atoms. The number of urea groups is 1. The summed E-state index contributed by atoms with van der Waals surface area (Å²) in [5.74, 6) is 0.729. The van der Waals surface area contributed by atoms with Crippen molar-refractivity contribution in [3.05, 3.63) is 48.9 Å². The maximum Gasteiger partial charge on any atom is 4.00 e. The number of ether oxygens (including phenoxy) is 1. The zero-order chi connectivity index (χ0) is 29.5. The van der Waals surface area contributed by atoms with Crippen LogP contribution in [0.1, 0.15) is 124 Å². The molecule has 0 heterocycles. The van der Waals surface area contributed by atoms with Crippen molar-refractivity contribution in [3.63, 3.8) is 0 Å².